The lowest BCUT2D eigenvalue weighted by Crippen LogP contribution is -2.46. The van der Waals surface area contributed by atoms with E-state index in [1.165, 1.54) is 16.0 Å². The minimum Gasteiger partial charge on any atom is -0.353 e. The van der Waals surface area contributed by atoms with Crippen molar-refractivity contribution in [2.75, 3.05) is 20.6 Å². The van der Waals surface area contributed by atoms with E-state index in [1.807, 2.05) is 12.1 Å². The van der Waals surface area contributed by atoms with Crippen LogP contribution in [0.25, 0.3) is 0 Å². The molecule has 2 N–H and O–H groups in total. The summed E-state index contributed by atoms with van der Waals surface area (Å²) in [6, 6.07) is 8.36. The summed E-state index contributed by atoms with van der Waals surface area (Å²) >= 11 is 0.933. The van der Waals surface area contributed by atoms with Gasteiger partial charge in [-0.05, 0) is 30.4 Å². The normalized spacial score (nSPS) is 16.2. The number of halogens is 4. The standard InChI is InChI=1S/C20H24F3N5OS.HI/c1-28(2)18(29)11-25-19(24-10-17-27-16(12-30-17)20(21,22)23)26-15-8-7-13-5-3-4-6-14(13)9-15;/h3-6,12,15H,7-11H2,1-2H3,(H2,24,25,26);1H. The summed E-state index contributed by atoms with van der Waals surface area (Å²) in [7, 11) is 3.29. The number of alkyl halides is 3. The highest BCUT2D eigenvalue weighted by molar-refractivity contribution is 14.0. The molecule has 0 fully saturated rings. The topological polar surface area (TPSA) is 69.6 Å². The van der Waals surface area contributed by atoms with Gasteiger partial charge in [-0.25, -0.2) is 9.98 Å². The van der Waals surface area contributed by atoms with Crippen LogP contribution < -0.4 is 10.6 Å². The molecule has 1 atom stereocenters. The van der Waals surface area contributed by atoms with Crippen molar-refractivity contribution in [3.63, 3.8) is 0 Å². The lowest BCUT2D eigenvalue weighted by atomic mass is 9.88. The molecule has 0 bridgehead atoms. The van der Waals surface area contributed by atoms with Gasteiger partial charge < -0.3 is 15.5 Å². The zero-order valence-corrected chi connectivity index (χ0v) is 20.3. The second-order valence-corrected chi connectivity index (χ2v) is 8.23. The lowest BCUT2D eigenvalue weighted by Gasteiger charge is -2.27. The van der Waals surface area contributed by atoms with Crippen molar-refractivity contribution < 1.29 is 18.0 Å². The Morgan fingerprint density at radius 1 is 1.29 bits per heavy atom. The van der Waals surface area contributed by atoms with Crippen molar-refractivity contribution >= 4 is 47.2 Å². The van der Waals surface area contributed by atoms with Gasteiger partial charge in [-0.2, -0.15) is 13.2 Å². The number of nitrogens with one attached hydrogen (secondary N) is 2. The number of thiazole rings is 1. The predicted octanol–water partition coefficient (Wildman–Crippen LogP) is 3.46. The van der Waals surface area contributed by atoms with Crippen molar-refractivity contribution in [1.29, 1.82) is 0 Å². The van der Waals surface area contributed by atoms with Gasteiger partial charge in [-0.3, -0.25) is 4.79 Å². The van der Waals surface area contributed by atoms with Gasteiger partial charge in [-0.15, -0.1) is 35.3 Å². The van der Waals surface area contributed by atoms with Crippen LogP contribution in [0.1, 0.15) is 28.2 Å². The third kappa shape index (κ3) is 7.34. The number of amides is 1. The number of likely N-dealkylation sites (N-methyl/N-ethyl adjacent to an activating group) is 1. The van der Waals surface area contributed by atoms with Gasteiger partial charge >= 0.3 is 6.18 Å². The molecule has 0 aliphatic heterocycles. The second kappa shape index (κ2) is 11.1. The quantitative estimate of drug-likeness (QED) is 0.330. The maximum Gasteiger partial charge on any atom is 0.434 e. The Labute approximate surface area is 200 Å². The summed E-state index contributed by atoms with van der Waals surface area (Å²) in [6.45, 7) is 0.0311. The molecule has 1 aromatic heterocycles. The van der Waals surface area contributed by atoms with Crippen LogP contribution in [0.2, 0.25) is 0 Å². The van der Waals surface area contributed by atoms with Crippen LogP contribution in [0.5, 0.6) is 0 Å². The molecule has 0 spiro atoms. The highest BCUT2D eigenvalue weighted by atomic mass is 127. The summed E-state index contributed by atoms with van der Waals surface area (Å²) < 4.78 is 38.3. The minimum atomic E-state index is -4.46. The van der Waals surface area contributed by atoms with Crippen LogP contribution in [0, 0.1) is 0 Å². The Kier molecular flexibility index (Phi) is 9.10. The Hall–Kier alpha value is -1.89. The number of carbonyl (C=O) groups is 1. The van der Waals surface area contributed by atoms with Crippen molar-refractivity contribution in [3.8, 4) is 0 Å². The third-order valence-corrected chi connectivity index (χ3v) is 5.66. The zero-order valence-electron chi connectivity index (χ0n) is 17.2. The highest BCUT2D eigenvalue weighted by Crippen LogP contribution is 2.30. The van der Waals surface area contributed by atoms with E-state index in [4.69, 9.17) is 0 Å². The number of rotatable bonds is 5. The molecular formula is C20H25F3IN5OS. The maximum absolute atomic E-state index is 12.8. The molecule has 1 aliphatic rings. The highest BCUT2D eigenvalue weighted by Gasteiger charge is 2.33. The number of aryl methyl sites for hydroxylation is 1. The van der Waals surface area contributed by atoms with E-state index in [-0.39, 0.29) is 49.0 Å². The lowest BCUT2D eigenvalue weighted by molar-refractivity contribution is -0.140. The molecule has 1 amide bonds. The Morgan fingerprint density at radius 3 is 2.65 bits per heavy atom. The fourth-order valence-electron chi connectivity index (χ4n) is 3.14. The van der Waals surface area contributed by atoms with Crippen molar-refractivity contribution in [2.24, 2.45) is 4.99 Å². The molecule has 1 aliphatic carbocycles. The van der Waals surface area contributed by atoms with Gasteiger partial charge in [0.1, 0.15) is 11.6 Å². The Morgan fingerprint density at radius 2 is 2.00 bits per heavy atom. The largest absolute Gasteiger partial charge is 0.434 e. The first-order chi connectivity index (χ1) is 14.2. The molecule has 11 heteroatoms. The van der Waals surface area contributed by atoms with Gasteiger partial charge in [0.05, 0.1) is 6.54 Å². The zero-order chi connectivity index (χ0) is 21.7. The first-order valence-electron chi connectivity index (χ1n) is 9.55. The number of benzene rings is 1. The average molecular weight is 567 g/mol. The van der Waals surface area contributed by atoms with E-state index in [0.717, 1.165) is 36.0 Å². The first-order valence-corrected chi connectivity index (χ1v) is 10.4. The Balaban J connectivity index is 0.00000341. The fourth-order valence-corrected chi connectivity index (χ4v) is 3.88. The monoisotopic (exact) mass is 567 g/mol. The summed E-state index contributed by atoms with van der Waals surface area (Å²) in [5.74, 6) is 0.219. The van der Waals surface area contributed by atoms with E-state index >= 15 is 0 Å². The fraction of sp³-hybridized carbons (Fsp3) is 0.450. The van der Waals surface area contributed by atoms with E-state index < -0.39 is 11.9 Å². The number of aliphatic imine (C=N–C) groups is 1. The summed E-state index contributed by atoms with van der Waals surface area (Å²) in [6.07, 6.45) is -1.82. The SMILES string of the molecule is CN(C)C(=O)CN=C(NCc1nc(C(F)(F)F)cs1)NC1CCc2ccccc2C1.I. The molecule has 6 nitrogen and oxygen atoms in total. The summed E-state index contributed by atoms with van der Waals surface area (Å²) in [4.78, 5) is 21.3. The molecule has 1 heterocycles. The molecule has 2 aromatic rings. The molecule has 1 aromatic carbocycles. The van der Waals surface area contributed by atoms with Crippen LogP contribution >= 0.6 is 35.3 Å². The van der Waals surface area contributed by atoms with Gasteiger partial charge in [0.2, 0.25) is 5.91 Å². The molecule has 1 unspecified atom stereocenters. The number of fused-ring (bicyclic) bond motifs is 1. The Bertz CT molecular complexity index is 916. The predicted molar refractivity (Wildman–Crippen MR) is 126 cm³/mol. The van der Waals surface area contributed by atoms with E-state index in [2.05, 4.69) is 32.7 Å². The number of guanidine groups is 1. The van der Waals surface area contributed by atoms with Gasteiger partial charge in [0.15, 0.2) is 11.7 Å². The molecule has 0 radical (unpaired) electrons. The van der Waals surface area contributed by atoms with E-state index in [1.54, 1.807) is 14.1 Å². The third-order valence-electron chi connectivity index (χ3n) is 4.81. The number of hydrogen-bond acceptors (Lipinski definition) is 4. The molecule has 170 valence electrons. The van der Waals surface area contributed by atoms with Crippen LogP contribution in [-0.4, -0.2) is 48.4 Å². The van der Waals surface area contributed by atoms with Crippen molar-refractivity contribution in [3.05, 3.63) is 51.5 Å². The van der Waals surface area contributed by atoms with Gasteiger partial charge in [-0.1, -0.05) is 24.3 Å². The maximum atomic E-state index is 12.8. The smallest absolute Gasteiger partial charge is 0.353 e. The van der Waals surface area contributed by atoms with E-state index in [9.17, 15) is 18.0 Å². The summed E-state index contributed by atoms with van der Waals surface area (Å²) in [5, 5.41) is 7.63. The molecule has 0 saturated heterocycles. The number of nitrogens with zero attached hydrogens (tertiary/aromatic N) is 3. The minimum absolute atomic E-state index is 0. The van der Waals surface area contributed by atoms with E-state index in [0.29, 0.717) is 11.0 Å². The van der Waals surface area contributed by atoms with Crippen molar-refractivity contribution in [2.45, 2.75) is 38.0 Å². The van der Waals surface area contributed by atoms with Crippen LogP contribution in [0.15, 0.2) is 34.6 Å². The summed E-state index contributed by atoms with van der Waals surface area (Å²) in [5.41, 5.74) is 1.69. The number of carbonyl (C=O) groups excluding carboxylic acids is 1. The number of aromatic nitrogens is 1. The van der Waals surface area contributed by atoms with Crippen LogP contribution in [0.3, 0.4) is 0 Å². The van der Waals surface area contributed by atoms with Crippen LogP contribution in [-0.2, 0) is 30.4 Å². The average Bonchev–Trinajstić information content (AvgIpc) is 3.19. The molecular weight excluding hydrogens is 542 g/mol. The van der Waals surface area contributed by atoms with Crippen LogP contribution in [0.4, 0.5) is 13.2 Å². The second-order valence-electron chi connectivity index (χ2n) is 7.28. The molecule has 0 saturated carbocycles. The van der Waals surface area contributed by atoms with Crippen molar-refractivity contribution in [1.82, 2.24) is 20.5 Å². The first kappa shape index (κ1) is 25.4. The molecule has 3 rings (SSSR count). The van der Waals surface area contributed by atoms with Gasteiger partial charge in [0.25, 0.3) is 0 Å². The molecule has 31 heavy (non-hydrogen) atoms. The number of hydrogen-bond donors (Lipinski definition) is 2. The van der Waals surface area contributed by atoms with Gasteiger partial charge in [0, 0.05) is 25.5 Å².